The number of hydrogen-bond donors (Lipinski definition) is 2. The molecule has 0 bridgehead atoms. The van der Waals surface area contributed by atoms with Crippen LogP contribution in [0.4, 0.5) is 5.82 Å². The van der Waals surface area contributed by atoms with Crippen LogP contribution in [0.1, 0.15) is 19.3 Å². The van der Waals surface area contributed by atoms with Gasteiger partial charge in [-0.2, -0.15) is 0 Å². The lowest BCUT2D eigenvalue weighted by molar-refractivity contribution is -0.116. The number of nitrogens with zero attached hydrogens (tertiary/aromatic N) is 2. The Bertz CT molecular complexity index is 504. The zero-order chi connectivity index (χ0) is 14.0. The maximum Gasteiger partial charge on any atom is 0.226 e. The lowest BCUT2D eigenvalue weighted by Gasteiger charge is -2.33. The normalized spacial score (nSPS) is 20.9. The summed E-state index contributed by atoms with van der Waals surface area (Å²) in [5, 5.41) is 6.41. The molecular formula is C14H19BrN4O. The number of amides is 1. The first-order valence-corrected chi connectivity index (χ1v) is 7.83. The number of carbonyl (C=O) groups is 1. The quantitative estimate of drug-likeness (QED) is 0.875. The van der Waals surface area contributed by atoms with E-state index in [-0.39, 0.29) is 5.91 Å². The molecule has 3 rings (SSSR count). The molecule has 1 aliphatic heterocycles. The molecule has 0 radical (unpaired) electrons. The number of rotatable bonds is 4. The second-order valence-corrected chi connectivity index (χ2v) is 6.56. The van der Waals surface area contributed by atoms with Crippen LogP contribution < -0.4 is 10.6 Å². The number of aromatic nitrogens is 1. The number of halogens is 1. The summed E-state index contributed by atoms with van der Waals surface area (Å²) < 4.78 is 0.917. The van der Waals surface area contributed by atoms with Gasteiger partial charge in [0.15, 0.2) is 0 Å². The van der Waals surface area contributed by atoms with Crippen LogP contribution in [0.15, 0.2) is 22.8 Å². The van der Waals surface area contributed by atoms with Crippen molar-refractivity contribution in [3.63, 3.8) is 0 Å². The Labute approximate surface area is 127 Å². The average Bonchev–Trinajstić information content (AvgIpc) is 3.16. The number of carbonyl (C=O) groups excluding carboxylic acids is 1. The third-order valence-corrected chi connectivity index (χ3v) is 4.45. The number of pyridine rings is 1. The van der Waals surface area contributed by atoms with E-state index >= 15 is 0 Å². The van der Waals surface area contributed by atoms with Crippen LogP contribution >= 0.6 is 15.9 Å². The molecule has 1 aliphatic carbocycles. The Hall–Kier alpha value is -0.980. The second kappa shape index (κ2) is 5.79. The van der Waals surface area contributed by atoms with E-state index in [1.54, 1.807) is 6.20 Å². The lowest BCUT2D eigenvalue weighted by Crippen LogP contribution is -2.52. The molecule has 0 unspecified atom stereocenters. The number of anilines is 1. The molecular weight excluding hydrogens is 320 g/mol. The Balaban J connectivity index is 1.45. The van der Waals surface area contributed by atoms with Crippen LogP contribution in [-0.2, 0) is 4.79 Å². The highest BCUT2D eigenvalue weighted by atomic mass is 79.9. The van der Waals surface area contributed by atoms with Gasteiger partial charge in [0, 0.05) is 48.8 Å². The summed E-state index contributed by atoms with van der Waals surface area (Å²) in [5.74, 6) is 0.627. The predicted octanol–water partition coefficient (Wildman–Crippen LogP) is 1.61. The van der Waals surface area contributed by atoms with E-state index in [0.717, 1.165) is 30.7 Å². The highest BCUT2D eigenvalue weighted by molar-refractivity contribution is 9.10. The Morgan fingerprint density at radius 1 is 1.55 bits per heavy atom. The number of piperazine rings is 1. The summed E-state index contributed by atoms with van der Waals surface area (Å²) >= 11 is 3.37. The van der Waals surface area contributed by atoms with Crippen molar-refractivity contribution < 1.29 is 4.79 Å². The van der Waals surface area contributed by atoms with Crippen LogP contribution in [0.3, 0.4) is 0 Å². The van der Waals surface area contributed by atoms with E-state index in [2.05, 4.69) is 36.4 Å². The van der Waals surface area contributed by atoms with Crippen LogP contribution in [-0.4, -0.2) is 47.5 Å². The first kappa shape index (κ1) is 14.0. The maximum atomic E-state index is 11.9. The summed E-state index contributed by atoms with van der Waals surface area (Å²) in [4.78, 5) is 18.4. The van der Waals surface area contributed by atoms with Crippen molar-refractivity contribution in [1.29, 1.82) is 0 Å². The van der Waals surface area contributed by atoms with Gasteiger partial charge in [-0.15, -0.1) is 0 Å². The predicted molar refractivity (Wildman–Crippen MR) is 81.6 cm³/mol. The van der Waals surface area contributed by atoms with Crippen molar-refractivity contribution in [3.8, 4) is 0 Å². The number of hydrogen-bond acceptors (Lipinski definition) is 4. The standard InChI is InChI=1S/C14H19BrN4O/c15-11-1-5-16-12(9-11)18-13(20)2-7-19-8-6-17-14(10-19)3-4-14/h1,5,9,17H,2-4,6-8,10H2,(H,16,18,20). The van der Waals surface area contributed by atoms with Crippen molar-refractivity contribution in [2.24, 2.45) is 0 Å². The van der Waals surface area contributed by atoms with Gasteiger partial charge in [-0.25, -0.2) is 4.98 Å². The third-order valence-electron chi connectivity index (χ3n) is 3.95. The fraction of sp³-hybridized carbons (Fsp3) is 0.571. The van der Waals surface area contributed by atoms with E-state index in [0.29, 0.717) is 17.8 Å². The van der Waals surface area contributed by atoms with Gasteiger partial charge in [-0.05, 0) is 25.0 Å². The minimum atomic E-state index is 0.0268. The highest BCUT2D eigenvalue weighted by Crippen LogP contribution is 2.37. The van der Waals surface area contributed by atoms with Gasteiger partial charge in [0.05, 0.1) is 0 Å². The van der Waals surface area contributed by atoms with Crippen LogP contribution in [0.25, 0.3) is 0 Å². The Morgan fingerprint density at radius 2 is 2.40 bits per heavy atom. The minimum absolute atomic E-state index is 0.0268. The molecule has 5 nitrogen and oxygen atoms in total. The molecule has 20 heavy (non-hydrogen) atoms. The van der Waals surface area contributed by atoms with E-state index in [1.807, 2.05) is 12.1 Å². The van der Waals surface area contributed by atoms with Crippen molar-refractivity contribution in [2.75, 3.05) is 31.5 Å². The molecule has 108 valence electrons. The summed E-state index contributed by atoms with van der Waals surface area (Å²) in [5.41, 5.74) is 0.376. The van der Waals surface area contributed by atoms with Gasteiger partial charge in [0.1, 0.15) is 5.82 Å². The van der Waals surface area contributed by atoms with Gasteiger partial charge >= 0.3 is 0 Å². The first-order valence-electron chi connectivity index (χ1n) is 7.04. The monoisotopic (exact) mass is 338 g/mol. The smallest absolute Gasteiger partial charge is 0.226 e. The zero-order valence-electron chi connectivity index (χ0n) is 11.4. The van der Waals surface area contributed by atoms with E-state index < -0.39 is 0 Å². The number of nitrogens with one attached hydrogen (secondary N) is 2. The van der Waals surface area contributed by atoms with Crippen molar-refractivity contribution in [1.82, 2.24) is 15.2 Å². The van der Waals surface area contributed by atoms with Crippen LogP contribution in [0.5, 0.6) is 0 Å². The Morgan fingerprint density at radius 3 is 3.15 bits per heavy atom. The van der Waals surface area contributed by atoms with E-state index in [4.69, 9.17) is 0 Å². The average molecular weight is 339 g/mol. The Kier molecular flexibility index (Phi) is 4.05. The van der Waals surface area contributed by atoms with Crippen molar-refractivity contribution in [3.05, 3.63) is 22.8 Å². The van der Waals surface area contributed by atoms with Crippen LogP contribution in [0, 0.1) is 0 Å². The minimum Gasteiger partial charge on any atom is -0.311 e. The molecule has 2 heterocycles. The molecule has 1 saturated heterocycles. The molecule has 2 fully saturated rings. The lowest BCUT2D eigenvalue weighted by atomic mass is 10.2. The molecule has 1 aromatic heterocycles. The van der Waals surface area contributed by atoms with Crippen molar-refractivity contribution in [2.45, 2.75) is 24.8 Å². The molecule has 0 aromatic carbocycles. The fourth-order valence-corrected chi connectivity index (χ4v) is 2.99. The topological polar surface area (TPSA) is 57.3 Å². The van der Waals surface area contributed by atoms with E-state index in [1.165, 1.54) is 12.8 Å². The molecule has 2 aliphatic rings. The molecule has 1 saturated carbocycles. The largest absolute Gasteiger partial charge is 0.311 e. The summed E-state index contributed by atoms with van der Waals surface area (Å²) in [6.45, 7) is 3.97. The summed E-state index contributed by atoms with van der Waals surface area (Å²) in [6, 6.07) is 3.65. The van der Waals surface area contributed by atoms with E-state index in [9.17, 15) is 4.79 Å². The molecule has 6 heteroatoms. The summed E-state index contributed by atoms with van der Waals surface area (Å²) in [6.07, 6.45) is 4.74. The van der Waals surface area contributed by atoms with Gasteiger partial charge in [0.2, 0.25) is 5.91 Å². The first-order chi connectivity index (χ1) is 9.65. The zero-order valence-corrected chi connectivity index (χ0v) is 12.9. The van der Waals surface area contributed by atoms with Crippen molar-refractivity contribution >= 4 is 27.7 Å². The second-order valence-electron chi connectivity index (χ2n) is 5.64. The SMILES string of the molecule is O=C(CCN1CCNC2(CC2)C1)Nc1cc(Br)ccn1. The van der Waals surface area contributed by atoms with Gasteiger partial charge < -0.3 is 10.6 Å². The summed E-state index contributed by atoms with van der Waals surface area (Å²) in [7, 11) is 0. The molecule has 1 amide bonds. The highest BCUT2D eigenvalue weighted by Gasteiger charge is 2.45. The molecule has 1 aromatic rings. The third kappa shape index (κ3) is 3.56. The molecule has 1 spiro atoms. The van der Waals surface area contributed by atoms with Gasteiger partial charge in [-0.3, -0.25) is 9.69 Å². The maximum absolute atomic E-state index is 11.9. The fourth-order valence-electron chi connectivity index (χ4n) is 2.66. The molecule has 2 N–H and O–H groups in total. The van der Waals surface area contributed by atoms with Crippen LogP contribution in [0.2, 0.25) is 0 Å². The van der Waals surface area contributed by atoms with Gasteiger partial charge in [-0.1, -0.05) is 15.9 Å². The van der Waals surface area contributed by atoms with Gasteiger partial charge in [0.25, 0.3) is 0 Å². The molecule has 0 atom stereocenters.